The van der Waals surface area contributed by atoms with E-state index in [1.807, 2.05) is 48.5 Å². The number of Topliss-reactive ketones (excluding diaryl/α,β-unsaturated/α-hetero) is 2. The largest absolute Gasteiger partial charge is 0.349 e. The van der Waals surface area contributed by atoms with Crippen LogP contribution < -0.4 is 16.0 Å². The second-order valence-corrected chi connectivity index (χ2v) is 21.5. The van der Waals surface area contributed by atoms with E-state index in [0.29, 0.717) is 24.7 Å². The zero-order chi connectivity index (χ0) is 59.9. The van der Waals surface area contributed by atoms with Crippen molar-refractivity contribution in [1.29, 1.82) is 0 Å². The number of carbonyl (C=O) groups is 5. The fourth-order valence-electron chi connectivity index (χ4n) is 7.69. The number of hydrogen-bond acceptors (Lipinski definition) is 7. The van der Waals surface area contributed by atoms with Gasteiger partial charge in [-0.3, -0.25) is 34.0 Å². The van der Waals surface area contributed by atoms with Gasteiger partial charge in [0.05, 0.1) is 18.3 Å². The molecule has 5 unspecified atom stereocenters. The Morgan fingerprint density at radius 3 is 1.76 bits per heavy atom. The number of ketones is 2. The Kier molecular flexibility index (Phi) is 41.8. The number of nitrogens with one attached hydrogen (secondary N) is 3. The lowest BCUT2D eigenvalue weighted by molar-refractivity contribution is -0.133. The van der Waals surface area contributed by atoms with E-state index in [1.165, 1.54) is 83.3 Å². The molecule has 0 spiro atoms. The molecule has 10 heteroatoms. The molecule has 1 aliphatic heterocycles. The van der Waals surface area contributed by atoms with Gasteiger partial charge in [-0.25, -0.2) is 0 Å². The molecule has 0 saturated heterocycles. The van der Waals surface area contributed by atoms with Crippen LogP contribution in [0.5, 0.6) is 0 Å². The van der Waals surface area contributed by atoms with Crippen LogP contribution in [0.25, 0.3) is 27.5 Å². The Balaban J connectivity index is 0. The molecule has 3 aromatic carbocycles. The normalized spacial score (nSPS) is 14.4. The lowest BCUT2D eigenvalue weighted by atomic mass is 9.88. The number of unbranched alkanes of at least 4 members (excludes halogenated alkanes) is 3. The zero-order valence-electron chi connectivity index (χ0n) is 53.4. The maximum atomic E-state index is 12.2. The molecular formula is C68H113N5O5. The fraction of sp³-hybridized carbons (Fsp3) is 0.632. The van der Waals surface area contributed by atoms with Crippen LogP contribution in [0.4, 0.5) is 5.69 Å². The molecule has 5 atom stereocenters. The molecule has 0 saturated carbocycles. The summed E-state index contributed by atoms with van der Waals surface area (Å²) in [4.78, 5) is 69.1. The van der Waals surface area contributed by atoms with Crippen molar-refractivity contribution in [3.8, 4) is 11.1 Å². The molecule has 3 N–H and O–H groups in total. The minimum absolute atomic E-state index is 0.0316. The second kappa shape index (κ2) is 43.6. The van der Waals surface area contributed by atoms with E-state index in [-0.39, 0.29) is 53.6 Å². The predicted octanol–water partition coefficient (Wildman–Crippen LogP) is 17.8. The van der Waals surface area contributed by atoms with Crippen LogP contribution in [0.15, 0.2) is 70.8 Å². The first-order valence-electron chi connectivity index (χ1n) is 30.4. The number of aliphatic imine (C=N–C) groups is 2. The molecule has 0 aromatic heterocycles. The van der Waals surface area contributed by atoms with E-state index >= 15 is 0 Å². The van der Waals surface area contributed by atoms with Gasteiger partial charge in [0.25, 0.3) is 0 Å². The molecule has 0 aliphatic carbocycles. The van der Waals surface area contributed by atoms with Crippen molar-refractivity contribution in [1.82, 2.24) is 16.0 Å². The highest BCUT2D eigenvalue weighted by Crippen LogP contribution is 2.34. The predicted molar refractivity (Wildman–Crippen MR) is 339 cm³/mol. The zero-order valence-corrected chi connectivity index (χ0v) is 53.4. The van der Waals surface area contributed by atoms with Gasteiger partial charge in [-0.1, -0.05) is 206 Å². The van der Waals surface area contributed by atoms with Gasteiger partial charge in [0.15, 0.2) is 11.6 Å². The van der Waals surface area contributed by atoms with Crippen molar-refractivity contribution in [3.05, 3.63) is 71.9 Å². The third kappa shape index (κ3) is 29.1. The number of fused-ring (bicyclic) bond motifs is 1. The number of amides is 3. The van der Waals surface area contributed by atoms with Crippen LogP contribution in [-0.2, 0) is 24.0 Å². The van der Waals surface area contributed by atoms with Crippen molar-refractivity contribution in [2.24, 2.45) is 39.6 Å². The van der Waals surface area contributed by atoms with Crippen LogP contribution in [-0.4, -0.2) is 59.3 Å². The standard InChI is InChI=1S/C41H53N3O2.C14H26N2O3.2C4H10.C3H8.C2H6/c1-8-27(3)41(46)43-25-36(45)13-11-10-12-29(5)39-22-14-28(4)38(26-42-39)33-17-15-32(16-18-33)34-19-21-37-31(7)40(44-30(6)9-2)23-20-35(37)24-34;1-7-11(10(6)17)15-14(19)12(8(2)3)16-13(18)9(4)5;2*1-3-4-2;1-3-2;1-2/h15-21,23-24,26-29H,8-14,22,25H2,1-7H3,(H,43,46);8-9,11-12H,7H2,1-6H3,(H,15,19)(H,16,18);2*3-4H2,1-2H3;3H2,1-2H3;1-2H3. The summed E-state index contributed by atoms with van der Waals surface area (Å²) in [5, 5.41) is 10.7. The average Bonchev–Trinajstić information content (AvgIpc) is 3.64. The van der Waals surface area contributed by atoms with E-state index in [2.05, 4.69) is 153 Å². The van der Waals surface area contributed by atoms with Crippen LogP contribution in [0.2, 0.25) is 0 Å². The SMILES string of the molecule is CC.CCC.CCC(C)=Nc1ccc2cc(-c3ccc(C4=CN=C(C(C)CCCCC(=O)CNC(=O)C(C)CC)CCC4C)cc3)ccc2c1C.CCC(NC(=O)C(NC(=O)C(C)C)C(C)C)C(C)=O.CCCC.CCCC. The average molecular weight is 1080 g/mol. The highest BCUT2D eigenvalue weighted by atomic mass is 16.2. The number of hydrogen-bond donors (Lipinski definition) is 3. The summed E-state index contributed by atoms with van der Waals surface area (Å²) in [5.74, 6) is 0.104. The Hall–Kier alpha value is -5.25. The molecule has 1 heterocycles. The van der Waals surface area contributed by atoms with Crippen molar-refractivity contribution in [3.63, 3.8) is 0 Å². The van der Waals surface area contributed by atoms with Gasteiger partial charge in [-0.05, 0) is 134 Å². The summed E-state index contributed by atoms with van der Waals surface area (Å²) < 4.78 is 0. The third-order valence-corrected chi connectivity index (χ3v) is 13.8. The summed E-state index contributed by atoms with van der Waals surface area (Å²) in [6.45, 7) is 42.5. The molecular weight excluding hydrogens is 967 g/mol. The third-order valence-electron chi connectivity index (χ3n) is 13.8. The molecule has 1 aliphatic rings. The fourth-order valence-corrected chi connectivity index (χ4v) is 7.69. The highest BCUT2D eigenvalue weighted by Gasteiger charge is 2.28. The van der Waals surface area contributed by atoms with Crippen LogP contribution >= 0.6 is 0 Å². The first kappa shape index (κ1) is 74.8. The van der Waals surface area contributed by atoms with Gasteiger partial charge in [0.1, 0.15) is 6.04 Å². The van der Waals surface area contributed by atoms with E-state index < -0.39 is 12.1 Å². The van der Waals surface area contributed by atoms with Crippen molar-refractivity contribution < 1.29 is 24.0 Å². The molecule has 440 valence electrons. The van der Waals surface area contributed by atoms with Gasteiger partial charge in [0.2, 0.25) is 17.7 Å². The van der Waals surface area contributed by atoms with Gasteiger partial charge >= 0.3 is 0 Å². The monoisotopic (exact) mass is 1080 g/mol. The molecule has 78 heavy (non-hydrogen) atoms. The Labute approximate surface area is 477 Å². The first-order chi connectivity index (χ1) is 37.0. The summed E-state index contributed by atoms with van der Waals surface area (Å²) in [5.41, 5.74) is 9.65. The topological polar surface area (TPSA) is 146 Å². The Morgan fingerprint density at radius 2 is 1.26 bits per heavy atom. The summed E-state index contributed by atoms with van der Waals surface area (Å²) in [7, 11) is 0. The van der Waals surface area contributed by atoms with Crippen LogP contribution in [0.3, 0.4) is 0 Å². The second-order valence-electron chi connectivity index (χ2n) is 21.5. The quantitative estimate of drug-likeness (QED) is 0.0639. The molecule has 3 aromatic rings. The van der Waals surface area contributed by atoms with E-state index in [9.17, 15) is 24.0 Å². The van der Waals surface area contributed by atoms with Crippen molar-refractivity contribution in [2.45, 2.75) is 247 Å². The molecule has 3 amide bonds. The molecule has 10 nitrogen and oxygen atoms in total. The summed E-state index contributed by atoms with van der Waals surface area (Å²) in [6.07, 6.45) is 16.4. The highest BCUT2D eigenvalue weighted by molar-refractivity contribution is 5.95. The smallest absolute Gasteiger partial charge is 0.243 e. The minimum Gasteiger partial charge on any atom is -0.349 e. The van der Waals surface area contributed by atoms with E-state index in [4.69, 9.17) is 9.98 Å². The minimum atomic E-state index is -0.608. The Morgan fingerprint density at radius 1 is 0.692 bits per heavy atom. The summed E-state index contributed by atoms with van der Waals surface area (Å²) in [6, 6.07) is 18.9. The molecule has 0 fully saturated rings. The maximum absolute atomic E-state index is 12.2. The molecule has 4 rings (SSSR count). The van der Waals surface area contributed by atoms with Gasteiger partial charge in [-0.2, -0.15) is 0 Å². The summed E-state index contributed by atoms with van der Waals surface area (Å²) >= 11 is 0. The van der Waals surface area contributed by atoms with Crippen LogP contribution in [0.1, 0.15) is 239 Å². The number of allylic oxidation sites excluding steroid dienone is 1. The Bertz CT molecular complexity index is 2270. The number of aryl methyl sites for hydroxylation is 1. The first-order valence-corrected chi connectivity index (χ1v) is 30.4. The molecule has 0 bridgehead atoms. The lowest BCUT2D eigenvalue weighted by Crippen LogP contribution is -2.53. The molecule has 0 radical (unpaired) electrons. The van der Waals surface area contributed by atoms with Crippen LogP contribution in [0, 0.1) is 36.5 Å². The number of nitrogens with zero attached hydrogens (tertiary/aromatic N) is 2. The number of carbonyl (C=O) groups excluding carboxylic acids is 5. The van der Waals surface area contributed by atoms with Gasteiger partial charge in [0, 0.05) is 35.9 Å². The van der Waals surface area contributed by atoms with Crippen molar-refractivity contribution in [2.75, 3.05) is 6.54 Å². The van der Waals surface area contributed by atoms with Gasteiger partial charge < -0.3 is 16.0 Å². The number of rotatable bonds is 23. The lowest BCUT2D eigenvalue weighted by Gasteiger charge is -2.24. The van der Waals surface area contributed by atoms with E-state index in [1.54, 1.807) is 13.8 Å². The van der Waals surface area contributed by atoms with E-state index in [0.717, 1.165) is 56.3 Å². The number of benzene rings is 3. The maximum Gasteiger partial charge on any atom is 0.243 e. The van der Waals surface area contributed by atoms with Crippen molar-refractivity contribution >= 4 is 62.7 Å². The van der Waals surface area contributed by atoms with Gasteiger partial charge in [-0.15, -0.1) is 0 Å².